The molecule has 26 heavy (non-hydrogen) atoms. The smallest absolute Gasteiger partial charge is 0.234 e. The van der Waals surface area contributed by atoms with E-state index in [0.29, 0.717) is 18.5 Å². The lowest BCUT2D eigenvalue weighted by Crippen LogP contribution is -2.51. The topological polar surface area (TPSA) is 44.8 Å². The zero-order valence-corrected chi connectivity index (χ0v) is 16.2. The van der Waals surface area contributed by atoms with Crippen molar-refractivity contribution in [2.24, 2.45) is 5.92 Å². The van der Waals surface area contributed by atoms with Crippen LogP contribution in [0.2, 0.25) is 0 Å². The lowest BCUT2D eigenvalue weighted by Gasteiger charge is -2.35. The van der Waals surface area contributed by atoms with Crippen molar-refractivity contribution in [2.45, 2.75) is 45.2 Å². The summed E-state index contributed by atoms with van der Waals surface area (Å²) in [6.07, 6.45) is 4.94. The molecule has 0 radical (unpaired) electrons. The number of benzene rings is 1. The summed E-state index contributed by atoms with van der Waals surface area (Å²) in [7, 11) is 1.69. The average Bonchev–Trinajstić information content (AvgIpc) is 2.66. The number of amides is 1. The first-order valence-corrected chi connectivity index (χ1v) is 10.0. The van der Waals surface area contributed by atoms with E-state index in [4.69, 9.17) is 4.74 Å². The van der Waals surface area contributed by atoms with E-state index in [0.717, 1.165) is 44.9 Å². The third kappa shape index (κ3) is 5.45. The lowest BCUT2D eigenvalue weighted by atomic mass is 9.86. The van der Waals surface area contributed by atoms with Crippen molar-refractivity contribution in [1.29, 1.82) is 0 Å². The number of ether oxygens (including phenoxy) is 1. The Morgan fingerprint density at radius 3 is 2.38 bits per heavy atom. The molecule has 3 rings (SSSR count). The van der Waals surface area contributed by atoms with E-state index >= 15 is 0 Å². The van der Waals surface area contributed by atoms with Gasteiger partial charge in [-0.2, -0.15) is 0 Å². The number of rotatable bonds is 6. The van der Waals surface area contributed by atoms with Gasteiger partial charge in [0.05, 0.1) is 13.7 Å². The Bertz CT molecular complexity index is 567. The molecule has 2 aliphatic rings. The van der Waals surface area contributed by atoms with Crippen LogP contribution in [-0.4, -0.2) is 61.6 Å². The number of carbonyl (C=O) groups excluding carboxylic acids is 1. The van der Waals surface area contributed by atoms with Crippen LogP contribution in [0.15, 0.2) is 24.3 Å². The van der Waals surface area contributed by atoms with Gasteiger partial charge in [-0.3, -0.25) is 14.6 Å². The summed E-state index contributed by atoms with van der Waals surface area (Å²) in [5, 5.41) is 3.27. The van der Waals surface area contributed by atoms with Gasteiger partial charge in [-0.25, -0.2) is 0 Å². The molecule has 1 aliphatic heterocycles. The van der Waals surface area contributed by atoms with Crippen LogP contribution in [0.25, 0.3) is 0 Å². The molecular formula is C21H33N3O2. The maximum absolute atomic E-state index is 12.4. The molecule has 1 amide bonds. The molecule has 2 fully saturated rings. The van der Waals surface area contributed by atoms with Gasteiger partial charge in [0.2, 0.25) is 5.91 Å². The Labute approximate surface area is 157 Å². The van der Waals surface area contributed by atoms with Gasteiger partial charge >= 0.3 is 0 Å². The Hall–Kier alpha value is -1.59. The molecule has 0 unspecified atom stereocenters. The SMILES string of the molecule is COc1ccc(CN2CCN(CC(=O)N[C@H]3CCCC[C@H]3C)CC2)cc1. The summed E-state index contributed by atoms with van der Waals surface area (Å²) in [6, 6.07) is 8.67. The Morgan fingerprint density at radius 1 is 1.08 bits per heavy atom. The molecule has 144 valence electrons. The maximum Gasteiger partial charge on any atom is 0.234 e. The Balaban J connectivity index is 1.38. The minimum atomic E-state index is 0.201. The molecule has 0 bridgehead atoms. The lowest BCUT2D eigenvalue weighted by molar-refractivity contribution is -0.124. The molecule has 1 aliphatic carbocycles. The number of hydrogen-bond acceptors (Lipinski definition) is 4. The summed E-state index contributed by atoms with van der Waals surface area (Å²) < 4.78 is 5.21. The van der Waals surface area contributed by atoms with Gasteiger partial charge in [0, 0.05) is 38.8 Å². The number of nitrogens with zero attached hydrogens (tertiary/aromatic N) is 2. The molecular weight excluding hydrogens is 326 g/mol. The molecule has 1 N–H and O–H groups in total. The van der Waals surface area contributed by atoms with Gasteiger partial charge in [0.25, 0.3) is 0 Å². The van der Waals surface area contributed by atoms with Crippen LogP contribution < -0.4 is 10.1 Å². The van der Waals surface area contributed by atoms with Crippen molar-refractivity contribution < 1.29 is 9.53 Å². The summed E-state index contributed by atoms with van der Waals surface area (Å²) >= 11 is 0. The minimum absolute atomic E-state index is 0.201. The van der Waals surface area contributed by atoms with Crippen molar-refractivity contribution in [2.75, 3.05) is 39.8 Å². The minimum Gasteiger partial charge on any atom is -0.497 e. The molecule has 1 aromatic rings. The van der Waals surface area contributed by atoms with E-state index in [-0.39, 0.29) is 5.91 Å². The van der Waals surface area contributed by atoms with Gasteiger partial charge in [-0.1, -0.05) is 31.9 Å². The van der Waals surface area contributed by atoms with Crippen LogP contribution in [0.3, 0.4) is 0 Å². The standard InChI is InChI=1S/C21H33N3O2/c1-17-5-3-4-6-20(17)22-21(25)16-24-13-11-23(12-14-24)15-18-7-9-19(26-2)10-8-18/h7-10,17,20H,3-6,11-16H2,1-2H3,(H,22,25)/t17-,20+/m1/s1. The third-order valence-corrected chi connectivity index (χ3v) is 5.86. The summed E-state index contributed by atoms with van der Waals surface area (Å²) in [4.78, 5) is 17.1. The highest BCUT2D eigenvalue weighted by atomic mass is 16.5. The number of piperazine rings is 1. The highest BCUT2D eigenvalue weighted by Gasteiger charge is 2.24. The first-order valence-electron chi connectivity index (χ1n) is 10.0. The first kappa shape index (κ1) is 19.2. The summed E-state index contributed by atoms with van der Waals surface area (Å²) in [5.74, 6) is 1.72. The molecule has 1 saturated heterocycles. The van der Waals surface area contributed by atoms with Gasteiger partial charge < -0.3 is 10.1 Å². The van der Waals surface area contributed by atoms with Crippen LogP contribution in [0.1, 0.15) is 38.2 Å². The van der Waals surface area contributed by atoms with E-state index in [9.17, 15) is 4.79 Å². The van der Waals surface area contributed by atoms with Crippen LogP contribution >= 0.6 is 0 Å². The van der Waals surface area contributed by atoms with E-state index in [1.54, 1.807) is 7.11 Å². The third-order valence-electron chi connectivity index (χ3n) is 5.86. The summed E-state index contributed by atoms with van der Waals surface area (Å²) in [6.45, 7) is 7.72. The van der Waals surface area contributed by atoms with Gasteiger partial charge in [0.15, 0.2) is 0 Å². The highest BCUT2D eigenvalue weighted by Crippen LogP contribution is 2.23. The number of carbonyl (C=O) groups is 1. The van der Waals surface area contributed by atoms with Crippen LogP contribution in [0, 0.1) is 5.92 Å². The van der Waals surface area contributed by atoms with Crippen molar-refractivity contribution >= 4 is 5.91 Å². The fourth-order valence-electron chi connectivity index (χ4n) is 4.08. The Morgan fingerprint density at radius 2 is 1.73 bits per heavy atom. The van der Waals surface area contributed by atoms with Gasteiger partial charge in [0.1, 0.15) is 5.75 Å². The average molecular weight is 360 g/mol. The quantitative estimate of drug-likeness (QED) is 0.848. The molecule has 0 aromatic heterocycles. The molecule has 1 saturated carbocycles. The second-order valence-electron chi connectivity index (χ2n) is 7.84. The van der Waals surface area contributed by atoms with Crippen molar-refractivity contribution in [3.63, 3.8) is 0 Å². The van der Waals surface area contributed by atoms with Crippen LogP contribution in [-0.2, 0) is 11.3 Å². The molecule has 1 aromatic carbocycles. The highest BCUT2D eigenvalue weighted by molar-refractivity contribution is 5.78. The van der Waals surface area contributed by atoms with Crippen molar-refractivity contribution in [3.05, 3.63) is 29.8 Å². The fourth-order valence-corrected chi connectivity index (χ4v) is 4.08. The summed E-state index contributed by atoms with van der Waals surface area (Å²) in [5.41, 5.74) is 1.31. The molecule has 0 spiro atoms. The van der Waals surface area contributed by atoms with Crippen LogP contribution in [0.4, 0.5) is 0 Å². The van der Waals surface area contributed by atoms with Gasteiger partial charge in [-0.15, -0.1) is 0 Å². The molecule has 5 nitrogen and oxygen atoms in total. The normalized spacial score (nSPS) is 25.0. The second kappa shape index (κ2) is 9.38. The zero-order chi connectivity index (χ0) is 18.4. The number of methoxy groups -OCH3 is 1. The maximum atomic E-state index is 12.4. The van der Waals surface area contributed by atoms with E-state index in [2.05, 4.69) is 34.2 Å². The molecule has 1 heterocycles. The number of nitrogens with one attached hydrogen (secondary N) is 1. The Kier molecular flexibility index (Phi) is 6.92. The zero-order valence-electron chi connectivity index (χ0n) is 16.2. The van der Waals surface area contributed by atoms with E-state index in [1.165, 1.54) is 24.8 Å². The molecule has 5 heteroatoms. The predicted molar refractivity (Wildman–Crippen MR) is 104 cm³/mol. The van der Waals surface area contributed by atoms with E-state index in [1.807, 2.05) is 12.1 Å². The van der Waals surface area contributed by atoms with E-state index < -0.39 is 0 Å². The van der Waals surface area contributed by atoms with Crippen molar-refractivity contribution in [3.8, 4) is 5.75 Å². The largest absolute Gasteiger partial charge is 0.497 e. The first-order chi connectivity index (χ1) is 12.6. The number of hydrogen-bond donors (Lipinski definition) is 1. The van der Waals surface area contributed by atoms with Crippen molar-refractivity contribution in [1.82, 2.24) is 15.1 Å². The molecule has 2 atom stereocenters. The second-order valence-corrected chi connectivity index (χ2v) is 7.84. The monoisotopic (exact) mass is 359 g/mol. The predicted octanol–water partition coefficient (Wildman–Crippen LogP) is 2.51. The van der Waals surface area contributed by atoms with Gasteiger partial charge in [-0.05, 0) is 36.5 Å². The van der Waals surface area contributed by atoms with Crippen LogP contribution in [0.5, 0.6) is 5.75 Å². The fraction of sp³-hybridized carbons (Fsp3) is 0.667.